The number of hydrogen-bond acceptors (Lipinski definition) is 6. The van der Waals surface area contributed by atoms with Crippen LogP contribution < -0.4 is 4.90 Å². The van der Waals surface area contributed by atoms with Crippen LogP contribution in [-0.2, 0) is 22.0 Å². The van der Waals surface area contributed by atoms with Crippen molar-refractivity contribution in [3.8, 4) is 0 Å². The van der Waals surface area contributed by atoms with Crippen LogP contribution >= 0.6 is 42.5 Å². The van der Waals surface area contributed by atoms with Gasteiger partial charge in [0.2, 0.25) is 5.02 Å². The number of nitrogens with zero attached hydrogens (tertiary/aromatic N) is 3. The SMILES string of the molecule is CCc1nc(N(CC)C(CC)(P(=O)(O)O)P(=O)(O)O)c2c(CC)c(Br)sc2n1. The van der Waals surface area contributed by atoms with E-state index in [2.05, 4.69) is 25.9 Å². The molecule has 0 fully saturated rings. The van der Waals surface area contributed by atoms with Gasteiger partial charge in [0, 0.05) is 13.0 Å². The molecule has 0 unspecified atom stereocenters. The van der Waals surface area contributed by atoms with Crippen LogP contribution in [0, 0.1) is 0 Å². The molecule has 9 nitrogen and oxygen atoms in total. The van der Waals surface area contributed by atoms with Crippen molar-refractivity contribution in [1.29, 1.82) is 0 Å². The average molecular weight is 516 g/mol. The summed E-state index contributed by atoms with van der Waals surface area (Å²) in [4.78, 5) is 51.0. The smallest absolute Gasteiger partial charge is 0.330 e. The van der Waals surface area contributed by atoms with Crippen LogP contribution in [0.25, 0.3) is 10.2 Å². The second-order valence-corrected chi connectivity index (χ2v) is 12.5. The molecule has 2 aromatic heterocycles. The molecule has 0 aliphatic heterocycles. The molecular weight excluding hydrogens is 492 g/mol. The molecule has 0 saturated carbocycles. The third kappa shape index (κ3) is 3.72. The summed E-state index contributed by atoms with van der Waals surface area (Å²) in [6.07, 6.45) is 0.586. The first-order chi connectivity index (χ1) is 12.9. The molecule has 0 aliphatic carbocycles. The Morgan fingerprint density at radius 3 is 2.00 bits per heavy atom. The molecule has 0 aliphatic rings. The minimum Gasteiger partial charge on any atom is -0.330 e. The van der Waals surface area contributed by atoms with Gasteiger partial charge in [-0.25, -0.2) is 9.97 Å². The predicted molar refractivity (Wildman–Crippen MR) is 114 cm³/mol. The highest BCUT2D eigenvalue weighted by Gasteiger charge is 2.63. The van der Waals surface area contributed by atoms with Gasteiger partial charge in [-0.2, -0.15) is 0 Å². The Hall–Kier alpha value is -0.380. The molecular formula is C15H24BrN3O6P2S. The van der Waals surface area contributed by atoms with Gasteiger partial charge in [0.25, 0.3) is 0 Å². The highest BCUT2D eigenvalue weighted by molar-refractivity contribution is 9.11. The topological polar surface area (TPSA) is 144 Å². The second kappa shape index (κ2) is 8.40. The van der Waals surface area contributed by atoms with Crippen LogP contribution in [0.1, 0.15) is 45.5 Å². The summed E-state index contributed by atoms with van der Waals surface area (Å²) in [5.41, 5.74) is 0.831. The number of thiophene rings is 1. The fourth-order valence-corrected chi connectivity index (χ4v) is 8.61. The van der Waals surface area contributed by atoms with Crippen molar-refractivity contribution in [3.63, 3.8) is 0 Å². The van der Waals surface area contributed by atoms with E-state index in [0.717, 1.165) is 14.2 Å². The van der Waals surface area contributed by atoms with Crippen molar-refractivity contribution in [3.05, 3.63) is 15.2 Å². The van der Waals surface area contributed by atoms with Gasteiger partial charge >= 0.3 is 15.2 Å². The summed E-state index contributed by atoms with van der Waals surface area (Å²) >= 11 is 4.85. The monoisotopic (exact) mass is 515 g/mol. The number of aryl methyl sites for hydroxylation is 2. The van der Waals surface area contributed by atoms with Crippen LogP contribution in [0.3, 0.4) is 0 Å². The van der Waals surface area contributed by atoms with Gasteiger partial charge in [0.1, 0.15) is 16.5 Å². The highest BCUT2D eigenvalue weighted by atomic mass is 79.9. The van der Waals surface area contributed by atoms with E-state index in [9.17, 15) is 28.7 Å². The maximum Gasteiger partial charge on any atom is 0.363 e. The van der Waals surface area contributed by atoms with E-state index in [0.29, 0.717) is 28.9 Å². The third-order valence-electron chi connectivity index (χ3n) is 4.71. The van der Waals surface area contributed by atoms with Crippen molar-refractivity contribution >= 4 is 58.5 Å². The molecule has 13 heteroatoms. The second-order valence-electron chi connectivity index (χ2n) is 6.17. The lowest BCUT2D eigenvalue weighted by Gasteiger charge is -2.43. The number of fused-ring (bicyclic) bond motifs is 1. The first-order valence-corrected chi connectivity index (χ1v) is 13.6. The summed E-state index contributed by atoms with van der Waals surface area (Å²) in [6, 6.07) is 0. The van der Waals surface area contributed by atoms with E-state index in [4.69, 9.17) is 0 Å². The van der Waals surface area contributed by atoms with Gasteiger partial charge in [-0.15, -0.1) is 11.3 Å². The molecule has 0 atom stereocenters. The van der Waals surface area contributed by atoms with Gasteiger partial charge < -0.3 is 24.5 Å². The minimum atomic E-state index is -5.29. The fourth-order valence-electron chi connectivity index (χ4n) is 3.38. The lowest BCUT2D eigenvalue weighted by Crippen LogP contribution is -2.48. The Balaban J connectivity index is 3.01. The summed E-state index contributed by atoms with van der Waals surface area (Å²) < 4.78 is 25.7. The fraction of sp³-hybridized carbons (Fsp3) is 0.600. The zero-order valence-electron chi connectivity index (χ0n) is 16.0. The normalized spacial score (nSPS) is 13.3. The third-order valence-corrected chi connectivity index (χ3v) is 11.1. The number of rotatable bonds is 8. The van der Waals surface area contributed by atoms with Crippen LogP contribution in [0.4, 0.5) is 5.82 Å². The van der Waals surface area contributed by atoms with Crippen molar-refractivity contribution in [2.75, 3.05) is 11.4 Å². The van der Waals surface area contributed by atoms with Crippen LogP contribution in [0.15, 0.2) is 3.79 Å². The van der Waals surface area contributed by atoms with Crippen LogP contribution in [0.2, 0.25) is 0 Å². The Morgan fingerprint density at radius 2 is 1.61 bits per heavy atom. The zero-order valence-corrected chi connectivity index (χ0v) is 20.1. The van der Waals surface area contributed by atoms with Gasteiger partial charge in [0.15, 0.2) is 0 Å². The van der Waals surface area contributed by atoms with Gasteiger partial charge in [-0.1, -0.05) is 20.8 Å². The summed E-state index contributed by atoms with van der Waals surface area (Å²) in [5, 5.41) is -2.15. The molecule has 4 N–H and O–H groups in total. The molecule has 0 aromatic carbocycles. The molecule has 0 radical (unpaired) electrons. The first-order valence-electron chi connectivity index (χ1n) is 8.76. The minimum absolute atomic E-state index is 0.0596. The molecule has 28 heavy (non-hydrogen) atoms. The van der Waals surface area contributed by atoms with E-state index in [-0.39, 0.29) is 12.4 Å². The number of halogens is 1. The summed E-state index contributed by atoms with van der Waals surface area (Å²) in [7, 11) is -10.6. The number of anilines is 1. The van der Waals surface area contributed by atoms with Crippen molar-refractivity contribution in [2.45, 2.75) is 52.0 Å². The number of aromatic nitrogens is 2. The molecule has 2 aromatic rings. The Bertz CT molecular complexity index is 950. The maximum atomic E-state index is 12.5. The molecule has 158 valence electrons. The lowest BCUT2D eigenvalue weighted by molar-refractivity contribution is 0.299. The first kappa shape index (κ1) is 23.9. The average Bonchev–Trinajstić information content (AvgIpc) is 2.91. The Morgan fingerprint density at radius 1 is 1.04 bits per heavy atom. The summed E-state index contributed by atoms with van der Waals surface area (Å²) in [6.45, 7) is 6.63. The zero-order chi connectivity index (χ0) is 21.5. The van der Waals surface area contributed by atoms with Crippen molar-refractivity contribution < 1.29 is 28.7 Å². The molecule has 0 bridgehead atoms. The Labute approximate surface area is 175 Å². The van der Waals surface area contributed by atoms with Gasteiger partial charge in [-0.05, 0) is 41.3 Å². The van der Waals surface area contributed by atoms with Gasteiger partial charge in [-0.3, -0.25) is 9.13 Å². The molecule has 0 spiro atoms. The van der Waals surface area contributed by atoms with Gasteiger partial charge in [0.05, 0.1) is 9.17 Å². The van der Waals surface area contributed by atoms with Crippen molar-refractivity contribution in [1.82, 2.24) is 9.97 Å². The molecule has 0 amide bonds. The molecule has 0 saturated heterocycles. The molecule has 2 heterocycles. The van der Waals surface area contributed by atoms with Crippen LogP contribution in [0.5, 0.6) is 0 Å². The quantitative estimate of drug-likeness (QED) is 0.385. The van der Waals surface area contributed by atoms with Crippen LogP contribution in [-0.4, -0.2) is 41.1 Å². The lowest BCUT2D eigenvalue weighted by atomic mass is 10.1. The van der Waals surface area contributed by atoms with Crippen molar-refractivity contribution in [2.24, 2.45) is 0 Å². The maximum absolute atomic E-state index is 12.5. The van der Waals surface area contributed by atoms with E-state index in [1.54, 1.807) is 6.92 Å². The highest BCUT2D eigenvalue weighted by Crippen LogP contribution is 2.72. The standard InChI is InChI=1S/C15H24BrN3O6P2S/c1-5-9-11-13(17-10(6-2)18-14(11)28-12(9)16)19(8-4)15(7-3,26(20,21)22)27(23,24)25/h5-8H2,1-4H3,(H2,20,21,22)(H2,23,24,25). The van der Waals surface area contributed by atoms with E-state index in [1.165, 1.54) is 18.3 Å². The predicted octanol–water partition coefficient (Wildman–Crippen LogP) is 3.82. The number of hydrogen-bond donors (Lipinski definition) is 4. The Kier molecular flexibility index (Phi) is 7.16. The van der Waals surface area contributed by atoms with E-state index in [1.807, 2.05) is 13.8 Å². The largest absolute Gasteiger partial charge is 0.363 e. The van der Waals surface area contributed by atoms with E-state index >= 15 is 0 Å². The summed E-state index contributed by atoms with van der Waals surface area (Å²) in [5.74, 6) is 0.565. The molecule has 2 rings (SSSR count). The van der Waals surface area contributed by atoms with E-state index < -0.39 is 26.6 Å².